The highest BCUT2D eigenvalue weighted by atomic mass is 16.5. The highest BCUT2D eigenvalue weighted by Crippen LogP contribution is 2.23. The molecule has 0 N–H and O–H groups in total. The van der Waals surface area contributed by atoms with Crippen LogP contribution >= 0.6 is 0 Å². The van der Waals surface area contributed by atoms with Gasteiger partial charge in [-0.15, -0.1) is 0 Å². The molecule has 1 aliphatic carbocycles. The number of ketones is 1. The molecule has 0 amide bonds. The van der Waals surface area contributed by atoms with Gasteiger partial charge in [0.15, 0.2) is 0 Å². The molecule has 0 heterocycles. The normalized spacial score (nSPS) is 29.2. The Bertz CT molecular complexity index is 165. The molecule has 13 heavy (non-hydrogen) atoms. The minimum absolute atomic E-state index is 0.223. The molecule has 2 heteroatoms. The fourth-order valence-electron chi connectivity index (χ4n) is 1.74. The number of ether oxygens (including phenoxy) is 1. The summed E-state index contributed by atoms with van der Waals surface area (Å²) >= 11 is 0. The zero-order valence-electron chi connectivity index (χ0n) is 8.71. The maximum atomic E-state index is 11.2. The van der Waals surface area contributed by atoms with Gasteiger partial charge in [0.25, 0.3) is 0 Å². The first-order valence-electron chi connectivity index (χ1n) is 5.38. The molecular weight excluding hydrogens is 164 g/mol. The molecular formula is C11H20O2. The van der Waals surface area contributed by atoms with Gasteiger partial charge in [-0.3, -0.25) is 4.79 Å². The highest BCUT2D eigenvalue weighted by Gasteiger charge is 2.25. The molecule has 1 fully saturated rings. The lowest BCUT2D eigenvalue weighted by molar-refractivity contribution is -0.127. The van der Waals surface area contributed by atoms with E-state index in [0.29, 0.717) is 11.9 Å². The summed E-state index contributed by atoms with van der Waals surface area (Å²) in [6, 6.07) is 0. The van der Waals surface area contributed by atoms with Gasteiger partial charge in [0.2, 0.25) is 0 Å². The maximum absolute atomic E-state index is 11.2. The summed E-state index contributed by atoms with van der Waals surface area (Å²) in [5.41, 5.74) is 0. The van der Waals surface area contributed by atoms with Crippen molar-refractivity contribution in [3.63, 3.8) is 0 Å². The van der Waals surface area contributed by atoms with Crippen molar-refractivity contribution in [3.05, 3.63) is 0 Å². The SMILES string of the molecule is CCCCO[C@@H]1CCC(=O)[C@H](C)C1. The molecule has 0 saturated heterocycles. The number of rotatable bonds is 4. The molecule has 2 atom stereocenters. The third-order valence-electron chi connectivity index (χ3n) is 2.73. The van der Waals surface area contributed by atoms with E-state index in [1.54, 1.807) is 0 Å². The molecule has 76 valence electrons. The van der Waals surface area contributed by atoms with Crippen LogP contribution in [-0.2, 0) is 9.53 Å². The van der Waals surface area contributed by atoms with Gasteiger partial charge in [-0.05, 0) is 19.3 Å². The standard InChI is InChI=1S/C11H20O2/c1-3-4-7-13-10-5-6-11(12)9(2)8-10/h9-10H,3-8H2,1-2H3/t9-,10-/m1/s1. The zero-order chi connectivity index (χ0) is 9.68. The zero-order valence-corrected chi connectivity index (χ0v) is 8.71. The van der Waals surface area contributed by atoms with Crippen LogP contribution in [0.3, 0.4) is 0 Å². The van der Waals surface area contributed by atoms with Crippen LogP contribution in [0.5, 0.6) is 0 Å². The number of carbonyl (C=O) groups excluding carboxylic acids is 1. The molecule has 0 aliphatic heterocycles. The predicted octanol–water partition coefficient (Wildman–Crippen LogP) is 2.56. The summed E-state index contributed by atoms with van der Waals surface area (Å²) in [7, 11) is 0. The Balaban J connectivity index is 2.17. The van der Waals surface area contributed by atoms with Gasteiger partial charge in [0.1, 0.15) is 5.78 Å². The van der Waals surface area contributed by atoms with E-state index in [1.165, 1.54) is 6.42 Å². The third-order valence-corrected chi connectivity index (χ3v) is 2.73. The summed E-state index contributed by atoms with van der Waals surface area (Å²) < 4.78 is 5.69. The first-order valence-corrected chi connectivity index (χ1v) is 5.38. The molecule has 2 nitrogen and oxygen atoms in total. The van der Waals surface area contributed by atoms with Crippen LogP contribution in [0.2, 0.25) is 0 Å². The van der Waals surface area contributed by atoms with Crippen molar-refractivity contribution >= 4 is 5.78 Å². The second kappa shape index (κ2) is 5.38. The smallest absolute Gasteiger partial charge is 0.135 e. The van der Waals surface area contributed by atoms with Crippen LogP contribution in [0.4, 0.5) is 0 Å². The molecule has 1 aliphatic rings. The largest absolute Gasteiger partial charge is 0.378 e. The van der Waals surface area contributed by atoms with Crippen molar-refractivity contribution in [1.29, 1.82) is 0 Å². The fourth-order valence-corrected chi connectivity index (χ4v) is 1.74. The van der Waals surface area contributed by atoms with E-state index in [1.807, 2.05) is 6.92 Å². The first kappa shape index (κ1) is 10.7. The number of carbonyl (C=O) groups is 1. The average Bonchev–Trinajstić information content (AvgIpc) is 2.12. The Morgan fingerprint density at radius 2 is 2.31 bits per heavy atom. The van der Waals surface area contributed by atoms with Crippen LogP contribution in [0.15, 0.2) is 0 Å². The molecule has 1 rings (SSSR count). The van der Waals surface area contributed by atoms with Crippen LogP contribution in [0.1, 0.15) is 46.0 Å². The number of Topliss-reactive ketones (excluding diaryl/α,β-unsaturated/α-hetero) is 1. The van der Waals surface area contributed by atoms with E-state index < -0.39 is 0 Å². The molecule has 1 saturated carbocycles. The molecule has 0 aromatic carbocycles. The van der Waals surface area contributed by atoms with Crippen LogP contribution in [0.25, 0.3) is 0 Å². The predicted molar refractivity (Wildman–Crippen MR) is 52.7 cm³/mol. The number of hydrogen-bond acceptors (Lipinski definition) is 2. The van der Waals surface area contributed by atoms with Gasteiger partial charge < -0.3 is 4.74 Å². The van der Waals surface area contributed by atoms with Crippen molar-refractivity contribution < 1.29 is 9.53 Å². The molecule has 0 unspecified atom stereocenters. The Hall–Kier alpha value is -0.370. The van der Waals surface area contributed by atoms with Gasteiger partial charge in [0.05, 0.1) is 6.10 Å². The van der Waals surface area contributed by atoms with E-state index in [-0.39, 0.29) is 5.92 Å². The van der Waals surface area contributed by atoms with E-state index in [0.717, 1.165) is 32.3 Å². The van der Waals surface area contributed by atoms with E-state index in [2.05, 4.69) is 6.92 Å². The van der Waals surface area contributed by atoms with E-state index in [4.69, 9.17) is 4.74 Å². The average molecular weight is 184 g/mol. The minimum atomic E-state index is 0.223. The monoisotopic (exact) mass is 184 g/mol. The van der Waals surface area contributed by atoms with E-state index >= 15 is 0 Å². The maximum Gasteiger partial charge on any atom is 0.135 e. The van der Waals surface area contributed by atoms with Gasteiger partial charge in [-0.25, -0.2) is 0 Å². The second-order valence-electron chi connectivity index (χ2n) is 3.99. The molecule has 0 aromatic rings. The molecule has 0 radical (unpaired) electrons. The van der Waals surface area contributed by atoms with Gasteiger partial charge in [0, 0.05) is 18.9 Å². The van der Waals surface area contributed by atoms with E-state index in [9.17, 15) is 4.79 Å². The lowest BCUT2D eigenvalue weighted by Crippen LogP contribution is -2.28. The Labute approximate surface area is 80.7 Å². The topological polar surface area (TPSA) is 26.3 Å². The van der Waals surface area contributed by atoms with Gasteiger partial charge >= 0.3 is 0 Å². The summed E-state index contributed by atoms with van der Waals surface area (Å²) in [6.45, 7) is 5.04. The van der Waals surface area contributed by atoms with Crippen molar-refractivity contribution in [2.45, 2.75) is 52.1 Å². The van der Waals surface area contributed by atoms with Crippen molar-refractivity contribution in [3.8, 4) is 0 Å². The fraction of sp³-hybridized carbons (Fsp3) is 0.909. The summed E-state index contributed by atoms with van der Waals surface area (Å²) in [5, 5.41) is 0. The lowest BCUT2D eigenvalue weighted by atomic mass is 9.87. The van der Waals surface area contributed by atoms with Crippen molar-refractivity contribution in [2.75, 3.05) is 6.61 Å². The van der Waals surface area contributed by atoms with Crippen LogP contribution < -0.4 is 0 Å². The quantitative estimate of drug-likeness (QED) is 0.628. The number of unbranched alkanes of at least 4 members (excludes halogenated alkanes) is 1. The minimum Gasteiger partial charge on any atom is -0.378 e. The Kier molecular flexibility index (Phi) is 4.43. The van der Waals surface area contributed by atoms with Crippen LogP contribution in [-0.4, -0.2) is 18.5 Å². The summed E-state index contributed by atoms with van der Waals surface area (Å²) in [5.74, 6) is 0.635. The molecule has 0 aromatic heterocycles. The van der Waals surface area contributed by atoms with Gasteiger partial charge in [-0.2, -0.15) is 0 Å². The Morgan fingerprint density at radius 1 is 1.54 bits per heavy atom. The van der Waals surface area contributed by atoms with Crippen molar-refractivity contribution in [1.82, 2.24) is 0 Å². The lowest BCUT2D eigenvalue weighted by Gasteiger charge is -2.25. The highest BCUT2D eigenvalue weighted by molar-refractivity contribution is 5.81. The number of hydrogen-bond donors (Lipinski definition) is 0. The summed E-state index contributed by atoms with van der Waals surface area (Å²) in [6.07, 6.45) is 5.26. The third kappa shape index (κ3) is 3.47. The molecule has 0 bridgehead atoms. The first-order chi connectivity index (χ1) is 6.24. The second-order valence-corrected chi connectivity index (χ2v) is 3.99. The molecule has 0 spiro atoms. The van der Waals surface area contributed by atoms with Crippen molar-refractivity contribution in [2.24, 2.45) is 5.92 Å². The van der Waals surface area contributed by atoms with Crippen LogP contribution in [0, 0.1) is 5.92 Å². The summed E-state index contributed by atoms with van der Waals surface area (Å²) in [4.78, 5) is 11.2. The van der Waals surface area contributed by atoms with Gasteiger partial charge in [-0.1, -0.05) is 20.3 Å². The Morgan fingerprint density at radius 3 is 2.92 bits per heavy atom.